The number of halogens is 1. The average molecular weight is 398 g/mol. The van der Waals surface area contributed by atoms with Crippen molar-refractivity contribution in [2.24, 2.45) is 0 Å². The van der Waals surface area contributed by atoms with E-state index in [0.29, 0.717) is 11.4 Å². The number of benzene rings is 2. The zero-order valence-electron chi connectivity index (χ0n) is 15.0. The Kier molecular flexibility index (Phi) is 4.95. The van der Waals surface area contributed by atoms with Crippen molar-refractivity contribution in [3.8, 4) is 11.3 Å². The smallest absolute Gasteiger partial charge is 0.264 e. The van der Waals surface area contributed by atoms with Gasteiger partial charge >= 0.3 is 0 Å². The van der Waals surface area contributed by atoms with Gasteiger partial charge in [0.1, 0.15) is 10.7 Å². The largest absolute Gasteiger partial charge is 0.355 e. The number of anilines is 2. The van der Waals surface area contributed by atoms with E-state index in [1.165, 1.54) is 31.0 Å². The molecule has 0 amide bonds. The van der Waals surface area contributed by atoms with Gasteiger partial charge in [0.2, 0.25) is 0 Å². The molecule has 0 aliphatic carbocycles. The zero-order chi connectivity index (χ0) is 19.6. The van der Waals surface area contributed by atoms with Gasteiger partial charge in [0.15, 0.2) is 5.82 Å². The molecule has 3 aromatic rings. The molecule has 1 aromatic heterocycles. The molecule has 0 bridgehead atoms. The Morgan fingerprint density at radius 1 is 0.893 bits per heavy atom. The first-order chi connectivity index (χ1) is 13.5. The zero-order valence-corrected chi connectivity index (χ0v) is 15.9. The van der Waals surface area contributed by atoms with Crippen molar-refractivity contribution in [3.63, 3.8) is 0 Å². The van der Waals surface area contributed by atoms with Crippen LogP contribution >= 0.6 is 0 Å². The molecule has 0 atom stereocenters. The highest BCUT2D eigenvalue weighted by Crippen LogP contribution is 2.24. The van der Waals surface area contributed by atoms with E-state index in [9.17, 15) is 12.8 Å². The predicted molar refractivity (Wildman–Crippen MR) is 106 cm³/mol. The summed E-state index contributed by atoms with van der Waals surface area (Å²) >= 11 is 0. The molecule has 0 radical (unpaired) electrons. The van der Waals surface area contributed by atoms with Crippen molar-refractivity contribution < 1.29 is 12.8 Å². The van der Waals surface area contributed by atoms with Gasteiger partial charge in [-0.3, -0.25) is 4.72 Å². The van der Waals surface area contributed by atoms with Gasteiger partial charge in [0.25, 0.3) is 10.0 Å². The second-order valence-electron chi connectivity index (χ2n) is 6.58. The summed E-state index contributed by atoms with van der Waals surface area (Å²) < 4.78 is 40.9. The molecule has 28 heavy (non-hydrogen) atoms. The van der Waals surface area contributed by atoms with Gasteiger partial charge in [-0.1, -0.05) is 24.3 Å². The van der Waals surface area contributed by atoms with Crippen molar-refractivity contribution in [2.45, 2.75) is 17.7 Å². The average Bonchev–Trinajstić information content (AvgIpc) is 3.23. The SMILES string of the molecule is O=S(=O)(Nc1ccc(-c2ccc(N3CCCC3)nn2)cc1)c1ccccc1F. The van der Waals surface area contributed by atoms with Gasteiger partial charge in [-0.05, 0) is 49.2 Å². The van der Waals surface area contributed by atoms with Crippen LogP contribution in [-0.2, 0) is 10.0 Å². The van der Waals surface area contributed by atoms with E-state index in [0.717, 1.165) is 30.5 Å². The Bertz CT molecular complexity index is 1060. The number of nitrogens with zero attached hydrogens (tertiary/aromatic N) is 3. The maximum atomic E-state index is 13.8. The third-order valence-corrected chi connectivity index (χ3v) is 6.05. The lowest BCUT2D eigenvalue weighted by atomic mass is 10.1. The van der Waals surface area contributed by atoms with Crippen molar-refractivity contribution in [1.82, 2.24) is 10.2 Å². The van der Waals surface area contributed by atoms with Crippen LogP contribution in [0.3, 0.4) is 0 Å². The molecule has 4 rings (SSSR count). The fraction of sp³-hybridized carbons (Fsp3) is 0.200. The van der Waals surface area contributed by atoms with Crippen LogP contribution in [0.25, 0.3) is 11.3 Å². The van der Waals surface area contributed by atoms with Crippen LogP contribution < -0.4 is 9.62 Å². The molecule has 6 nitrogen and oxygen atoms in total. The van der Waals surface area contributed by atoms with E-state index in [1.54, 1.807) is 24.3 Å². The monoisotopic (exact) mass is 398 g/mol. The molecule has 0 unspecified atom stereocenters. The molecule has 1 N–H and O–H groups in total. The third kappa shape index (κ3) is 3.82. The highest BCUT2D eigenvalue weighted by molar-refractivity contribution is 7.92. The van der Waals surface area contributed by atoms with Crippen LogP contribution in [0.5, 0.6) is 0 Å². The fourth-order valence-corrected chi connectivity index (χ4v) is 4.31. The van der Waals surface area contributed by atoms with E-state index in [2.05, 4.69) is 19.8 Å². The third-order valence-electron chi connectivity index (χ3n) is 4.64. The summed E-state index contributed by atoms with van der Waals surface area (Å²) in [7, 11) is -4.00. The van der Waals surface area contributed by atoms with E-state index >= 15 is 0 Å². The minimum atomic E-state index is -4.00. The summed E-state index contributed by atoms with van der Waals surface area (Å²) in [6.45, 7) is 2.01. The van der Waals surface area contributed by atoms with Crippen molar-refractivity contribution in [1.29, 1.82) is 0 Å². The van der Waals surface area contributed by atoms with Gasteiger partial charge in [0.05, 0.1) is 5.69 Å². The van der Waals surface area contributed by atoms with Gasteiger partial charge in [-0.2, -0.15) is 0 Å². The minimum Gasteiger partial charge on any atom is -0.355 e. The molecule has 144 valence electrons. The lowest BCUT2D eigenvalue weighted by Crippen LogP contribution is -2.19. The van der Waals surface area contributed by atoms with Gasteiger partial charge in [0, 0.05) is 24.3 Å². The first kappa shape index (κ1) is 18.4. The Morgan fingerprint density at radius 3 is 2.25 bits per heavy atom. The normalized spacial score (nSPS) is 14.2. The maximum absolute atomic E-state index is 13.8. The van der Waals surface area contributed by atoms with Crippen LogP contribution in [-0.4, -0.2) is 31.7 Å². The quantitative estimate of drug-likeness (QED) is 0.710. The van der Waals surface area contributed by atoms with E-state index < -0.39 is 15.8 Å². The molecule has 1 aliphatic rings. The molecule has 0 saturated carbocycles. The van der Waals surface area contributed by atoms with Gasteiger partial charge in [-0.25, -0.2) is 12.8 Å². The second-order valence-corrected chi connectivity index (χ2v) is 8.24. The standard InChI is InChI=1S/C20H19FN4O2S/c21-17-5-1-2-6-19(17)28(26,27)24-16-9-7-15(8-10-16)18-11-12-20(23-22-18)25-13-3-4-14-25/h1-2,5-12,24H,3-4,13-14H2. The molecule has 1 saturated heterocycles. The molecule has 1 aliphatic heterocycles. The summed E-state index contributed by atoms with van der Waals surface area (Å²) in [6, 6.07) is 15.8. The molecule has 0 spiro atoms. The number of sulfonamides is 1. The summed E-state index contributed by atoms with van der Waals surface area (Å²) in [6.07, 6.45) is 2.35. The fourth-order valence-electron chi connectivity index (χ4n) is 3.18. The number of hydrogen-bond acceptors (Lipinski definition) is 5. The van der Waals surface area contributed by atoms with E-state index in [1.807, 2.05) is 12.1 Å². The number of hydrogen-bond donors (Lipinski definition) is 1. The van der Waals surface area contributed by atoms with E-state index in [-0.39, 0.29) is 4.90 Å². The molecule has 1 fully saturated rings. The first-order valence-electron chi connectivity index (χ1n) is 8.99. The molecule has 2 heterocycles. The van der Waals surface area contributed by atoms with Crippen LogP contribution in [0.4, 0.5) is 15.9 Å². The van der Waals surface area contributed by atoms with E-state index in [4.69, 9.17) is 0 Å². The minimum absolute atomic E-state index is 0.341. The molecule has 8 heteroatoms. The van der Waals surface area contributed by atoms with Crippen LogP contribution in [0.15, 0.2) is 65.6 Å². The van der Waals surface area contributed by atoms with Crippen molar-refractivity contribution in [3.05, 3.63) is 66.5 Å². The molecular formula is C20H19FN4O2S. The number of aromatic nitrogens is 2. The van der Waals surface area contributed by atoms with Crippen LogP contribution in [0.2, 0.25) is 0 Å². The highest BCUT2D eigenvalue weighted by Gasteiger charge is 2.18. The second kappa shape index (κ2) is 7.55. The number of nitrogens with one attached hydrogen (secondary N) is 1. The Labute approximate surface area is 163 Å². The van der Waals surface area contributed by atoms with Crippen molar-refractivity contribution in [2.75, 3.05) is 22.7 Å². The number of rotatable bonds is 5. The van der Waals surface area contributed by atoms with Crippen LogP contribution in [0.1, 0.15) is 12.8 Å². The van der Waals surface area contributed by atoms with Crippen molar-refractivity contribution >= 4 is 21.5 Å². The molecule has 2 aromatic carbocycles. The lowest BCUT2D eigenvalue weighted by Gasteiger charge is -2.15. The lowest BCUT2D eigenvalue weighted by molar-refractivity contribution is 0.570. The Balaban J connectivity index is 1.50. The van der Waals surface area contributed by atoms with Gasteiger partial charge in [-0.15, -0.1) is 10.2 Å². The highest BCUT2D eigenvalue weighted by atomic mass is 32.2. The summed E-state index contributed by atoms with van der Waals surface area (Å²) in [5.41, 5.74) is 1.86. The van der Waals surface area contributed by atoms with Crippen LogP contribution in [0, 0.1) is 5.82 Å². The topological polar surface area (TPSA) is 75.2 Å². The summed E-state index contributed by atoms with van der Waals surface area (Å²) in [5, 5.41) is 8.57. The Hall–Kier alpha value is -3.00. The first-order valence-corrected chi connectivity index (χ1v) is 10.5. The molecular weight excluding hydrogens is 379 g/mol. The summed E-state index contributed by atoms with van der Waals surface area (Å²) in [4.78, 5) is 1.82. The Morgan fingerprint density at radius 2 is 1.61 bits per heavy atom. The summed E-state index contributed by atoms with van der Waals surface area (Å²) in [5.74, 6) is 0.0792. The van der Waals surface area contributed by atoms with Gasteiger partial charge < -0.3 is 4.90 Å². The predicted octanol–water partition coefficient (Wildman–Crippen LogP) is 3.68. The maximum Gasteiger partial charge on any atom is 0.264 e.